The van der Waals surface area contributed by atoms with Gasteiger partial charge in [0.1, 0.15) is 0 Å². The lowest BCUT2D eigenvalue weighted by Gasteiger charge is -2.38. The molecule has 0 bridgehead atoms. The van der Waals surface area contributed by atoms with Crippen LogP contribution in [-0.2, 0) is 25.0 Å². The molecule has 0 aromatic heterocycles. The molecule has 8 heteroatoms. The maximum absolute atomic E-state index is 13.1. The first-order chi connectivity index (χ1) is 14.2. The number of amides is 1. The molecule has 166 valence electrons. The zero-order valence-corrected chi connectivity index (χ0v) is 19.1. The van der Waals surface area contributed by atoms with Gasteiger partial charge in [0.15, 0.2) is 0 Å². The Bertz CT molecular complexity index is 918. The number of anilines is 1. The highest BCUT2D eigenvalue weighted by Crippen LogP contribution is 2.46. The molecule has 0 atom stereocenters. The molecule has 1 N–H and O–H groups in total. The Hall–Kier alpha value is -1.48. The number of carbonyl (C=O) groups is 1. The van der Waals surface area contributed by atoms with E-state index in [9.17, 15) is 13.2 Å². The molecule has 1 aromatic carbocycles. The van der Waals surface area contributed by atoms with Gasteiger partial charge in [-0.1, -0.05) is 13.8 Å². The predicted molar refractivity (Wildman–Crippen MR) is 116 cm³/mol. The van der Waals surface area contributed by atoms with E-state index < -0.39 is 15.4 Å². The molecule has 30 heavy (non-hydrogen) atoms. The number of fused-ring (bicyclic) bond motifs is 1. The highest BCUT2D eigenvalue weighted by atomic mass is 32.2. The summed E-state index contributed by atoms with van der Waals surface area (Å²) in [4.78, 5) is 16.9. The van der Waals surface area contributed by atoms with Crippen LogP contribution in [0.25, 0.3) is 0 Å². The number of hydrogen-bond acceptors (Lipinski definition) is 5. The zero-order valence-electron chi connectivity index (χ0n) is 18.2. The van der Waals surface area contributed by atoms with Crippen LogP contribution < -0.4 is 9.62 Å². The van der Waals surface area contributed by atoms with E-state index in [1.807, 2.05) is 20.8 Å². The minimum Gasteiger partial charge on any atom is -0.379 e. The van der Waals surface area contributed by atoms with Crippen molar-refractivity contribution in [2.45, 2.75) is 50.3 Å². The van der Waals surface area contributed by atoms with Gasteiger partial charge in [-0.25, -0.2) is 13.1 Å². The Morgan fingerprint density at radius 3 is 2.50 bits per heavy atom. The van der Waals surface area contributed by atoms with Crippen LogP contribution in [0.2, 0.25) is 0 Å². The number of sulfonamides is 1. The van der Waals surface area contributed by atoms with E-state index in [0.717, 1.165) is 56.9 Å². The third kappa shape index (κ3) is 4.28. The fourth-order valence-electron chi connectivity index (χ4n) is 4.64. The maximum atomic E-state index is 13.1. The number of ether oxygens (including phenoxy) is 1. The van der Waals surface area contributed by atoms with Crippen LogP contribution in [0.5, 0.6) is 0 Å². The Labute approximate surface area is 179 Å². The van der Waals surface area contributed by atoms with Gasteiger partial charge in [-0.15, -0.1) is 0 Å². The van der Waals surface area contributed by atoms with E-state index in [2.05, 4.69) is 9.62 Å². The summed E-state index contributed by atoms with van der Waals surface area (Å²) >= 11 is 0. The third-order valence-corrected chi connectivity index (χ3v) is 8.16. The first-order valence-electron chi connectivity index (χ1n) is 10.9. The highest BCUT2D eigenvalue weighted by molar-refractivity contribution is 7.89. The lowest BCUT2D eigenvalue weighted by atomic mass is 9.77. The standard InChI is InChI=1S/C22H33N3O4S/c1-4-25-19-6-5-17(13-18(19)21(2,3)14-20(25)26)30(27,28)23-15-22(7-8-22)16-24-9-11-29-12-10-24/h5-6,13,23H,4,7-12,14-16H2,1-3H3. The lowest BCUT2D eigenvalue weighted by molar-refractivity contribution is -0.120. The van der Waals surface area contributed by atoms with E-state index in [4.69, 9.17) is 4.74 Å². The SMILES string of the molecule is CCN1C(=O)CC(C)(C)c2cc(S(=O)(=O)NCC3(CN4CCOCC4)CC3)ccc21. The number of rotatable bonds is 7. The monoisotopic (exact) mass is 435 g/mol. The first-order valence-corrected chi connectivity index (χ1v) is 12.4. The van der Waals surface area contributed by atoms with Crippen molar-refractivity contribution >= 4 is 21.6 Å². The molecule has 3 aliphatic rings. The number of nitrogens with one attached hydrogen (secondary N) is 1. The van der Waals surface area contributed by atoms with Crippen molar-refractivity contribution in [1.29, 1.82) is 0 Å². The van der Waals surface area contributed by atoms with Gasteiger partial charge in [-0.2, -0.15) is 0 Å². The summed E-state index contributed by atoms with van der Waals surface area (Å²) in [5, 5.41) is 0. The van der Waals surface area contributed by atoms with Gasteiger partial charge in [0.05, 0.1) is 18.1 Å². The van der Waals surface area contributed by atoms with Crippen molar-refractivity contribution < 1.29 is 17.9 Å². The Balaban J connectivity index is 1.50. The summed E-state index contributed by atoms with van der Waals surface area (Å²) in [5.74, 6) is 0.0857. The van der Waals surface area contributed by atoms with Crippen LogP contribution in [0.3, 0.4) is 0 Å². The molecule has 2 aliphatic heterocycles. The molecule has 1 aliphatic carbocycles. The predicted octanol–water partition coefficient (Wildman–Crippen LogP) is 2.11. The lowest BCUT2D eigenvalue weighted by Crippen LogP contribution is -2.43. The Morgan fingerprint density at radius 2 is 1.87 bits per heavy atom. The van der Waals surface area contributed by atoms with Gasteiger partial charge < -0.3 is 9.64 Å². The largest absolute Gasteiger partial charge is 0.379 e. The molecule has 1 aromatic rings. The second kappa shape index (κ2) is 7.89. The molecular weight excluding hydrogens is 402 g/mol. The molecule has 1 amide bonds. The molecule has 0 unspecified atom stereocenters. The maximum Gasteiger partial charge on any atom is 0.240 e. The summed E-state index contributed by atoms with van der Waals surface area (Å²) in [5.41, 5.74) is 1.39. The van der Waals surface area contributed by atoms with Crippen LogP contribution in [0.1, 0.15) is 45.6 Å². The quantitative estimate of drug-likeness (QED) is 0.710. The van der Waals surface area contributed by atoms with Crippen molar-refractivity contribution in [1.82, 2.24) is 9.62 Å². The normalized spacial score (nSPS) is 23.3. The fraction of sp³-hybridized carbons (Fsp3) is 0.682. The van der Waals surface area contributed by atoms with Crippen molar-refractivity contribution in [2.75, 3.05) is 50.8 Å². The Morgan fingerprint density at radius 1 is 1.17 bits per heavy atom. The molecule has 2 fully saturated rings. The van der Waals surface area contributed by atoms with Crippen molar-refractivity contribution in [3.63, 3.8) is 0 Å². The van der Waals surface area contributed by atoms with Gasteiger partial charge in [0.2, 0.25) is 15.9 Å². The summed E-state index contributed by atoms with van der Waals surface area (Å²) in [6, 6.07) is 5.17. The van der Waals surface area contributed by atoms with Gasteiger partial charge in [0, 0.05) is 50.2 Å². The number of nitrogens with zero attached hydrogens (tertiary/aromatic N) is 2. The summed E-state index contributed by atoms with van der Waals surface area (Å²) < 4.78 is 34.5. The van der Waals surface area contributed by atoms with Crippen LogP contribution in [0, 0.1) is 5.41 Å². The van der Waals surface area contributed by atoms with E-state index in [1.165, 1.54) is 0 Å². The number of carbonyl (C=O) groups excluding carboxylic acids is 1. The van der Waals surface area contributed by atoms with E-state index in [-0.39, 0.29) is 16.2 Å². The third-order valence-electron chi connectivity index (χ3n) is 6.77. The second-order valence-electron chi connectivity index (χ2n) is 9.59. The van der Waals surface area contributed by atoms with E-state index >= 15 is 0 Å². The molecular formula is C22H33N3O4S. The average molecular weight is 436 g/mol. The highest BCUT2D eigenvalue weighted by Gasteiger charge is 2.45. The minimum absolute atomic E-state index is 0.0450. The van der Waals surface area contributed by atoms with Gasteiger partial charge >= 0.3 is 0 Å². The van der Waals surface area contributed by atoms with Gasteiger partial charge in [-0.3, -0.25) is 9.69 Å². The Kier molecular flexibility index (Phi) is 5.72. The van der Waals surface area contributed by atoms with Crippen LogP contribution >= 0.6 is 0 Å². The molecule has 1 saturated heterocycles. The molecule has 0 radical (unpaired) electrons. The van der Waals surface area contributed by atoms with Crippen LogP contribution in [-0.4, -0.2) is 65.2 Å². The van der Waals surface area contributed by atoms with Crippen molar-refractivity contribution in [2.24, 2.45) is 5.41 Å². The zero-order chi connectivity index (χ0) is 21.6. The topological polar surface area (TPSA) is 79.0 Å². The average Bonchev–Trinajstić information content (AvgIpc) is 3.47. The summed E-state index contributed by atoms with van der Waals surface area (Å²) in [6.07, 6.45) is 2.49. The smallest absolute Gasteiger partial charge is 0.240 e. The summed E-state index contributed by atoms with van der Waals surface area (Å²) in [7, 11) is -3.61. The van der Waals surface area contributed by atoms with Crippen LogP contribution in [0.15, 0.2) is 23.1 Å². The molecule has 2 heterocycles. The first kappa shape index (κ1) is 21.7. The van der Waals surface area contributed by atoms with E-state index in [0.29, 0.717) is 19.5 Å². The molecule has 1 saturated carbocycles. The number of morpholine rings is 1. The number of hydrogen-bond donors (Lipinski definition) is 1. The minimum atomic E-state index is -3.61. The number of benzene rings is 1. The molecule has 0 spiro atoms. The van der Waals surface area contributed by atoms with Gasteiger partial charge in [0.25, 0.3) is 0 Å². The van der Waals surface area contributed by atoms with Crippen LogP contribution in [0.4, 0.5) is 5.69 Å². The molecule has 4 rings (SSSR count). The van der Waals surface area contributed by atoms with Crippen molar-refractivity contribution in [3.8, 4) is 0 Å². The van der Waals surface area contributed by atoms with Gasteiger partial charge in [-0.05, 0) is 48.9 Å². The van der Waals surface area contributed by atoms with Crippen molar-refractivity contribution in [3.05, 3.63) is 23.8 Å². The van der Waals surface area contributed by atoms with E-state index in [1.54, 1.807) is 23.1 Å². The molecule has 7 nitrogen and oxygen atoms in total. The second-order valence-corrected chi connectivity index (χ2v) is 11.4. The fourth-order valence-corrected chi connectivity index (χ4v) is 5.83. The summed E-state index contributed by atoms with van der Waals surface area (Å²) in [6.45, 7) is 11.3.